The molecule has 1 heterocycles. The van der Waals surface area contributed by atoms with E-state index in [9.17, 15) is 33.2 Å². The number of carboxylic acids is 1. The third-order valence-electron chi connectivity index (χ3n) is 5.76. The van der Waals surface area contributed by atoms with Crippen molar-refractivity contribution in [3.63, 3.8) is 0 Å². The van der Waals surface area contributed by atoms with Crippen molar-refractivity contribution in [3.8, 4) is 0 Å². The van der Waals surface area contributed by atoms with Gasteiger partial charge in [0.15, 0.2) is 0 Å². The highest BCUT2D eigenvalue weighted by Gasteiger charge is 2.39. The van der Waals surface area contributed by atoms with Crippen LogP contribution in [0.25, 0.3) is 0 Å². The second-order valence-corrected chi connectivity index (χ2v) is 8.92. The SMILES string of the molecule is CC(=O)NC1C=CC(C(=O)N[C@H](C(=O)N2CCC[C@H]2C(=O)N[C@H](C=O)CC(=O)O)C(C)C)=C(F)C1. The lowest BCUT2D eigenvalue weighted by Gasteiger charge is -2.31. The van der Waals surface area contributed by atoms with E-state index in [0.29, 0.717) is 19.1 Å². The second-order valence-electron chi connectivity index (χ2n) is 8.92. The molecule has 4 N–H and O–H groups in total. The van der Waals surface area contributed by atoms with Gasteiger partial charge in [0.05, 0.1) is 24.1 Å². The Bertz CT molecular complexity index is 946. The van der Waals surface area contributed by atoms with Crippen molar-refractivity contribution in [2.24, 2.45) is 5.92 Å². The Morgan fingerprint density at radius 2 is 1.91 bits per heavy atom. The largest absolute Gasteiger partial charge is 0.481 e. The number of aliphatic carboxylic acids is 1. The molecule has 1 aliphatic carbocycles. The van der Waals surface area contributed by atoms with Gasteiger partial charge in [0, 0.05) is 19.9 Å². The van der Waals surface area contributed by atoms with Crippen molar-refractivity contribution in [2.45, 2.75) is 70.6 Å². The quantitative estimate of drug-likeness (QED) is 0.310. The van der Waals surface area contributed by atoms with Gasteiger partial charge in [0.2, 0.25) is 17.7 Å². The van der Waals surface area contributed by atoms with Gasteiger partial charge in [-0.15, -0.1) is 0 Å². The summed E-state index contributed by atoms with van der Waals surface area (Å²) in [5.41, 5.74) is -0.247. The summed E-state index contributed by atoms with van der Waals surface area (Å²) >= 11 is 0. The van der Waals surface area contributed by atoms with Crippen LogP contribution in [0.15, 0.2) is 23.6 Å². The Morgan fingerprint density at radius 3 is 2.46 bits per heavy atom. The molecule has 4 atom stereocenters. The number of carboxylic acid groups (broad SMARTS) is 1. The van der Waals surface area contributed by atoms with E-state index in [0.717, 1.165) is 0 Å². The summed E-state index contributed by atoms with van der Waals surface area (Å²) in [6, 6.07) is -3.79. The molecule has 0 spiro atoms. The highest BCUT2D eigenvalue weighted by atomic mass is 19.1. The van der Waals surface area contributed by atoms with Crippen molar-refractivity contribution in [2.75, 3.05) is 6.54 Å². The van der Waals surface area contributed by atoms with E-state index in [-0.39, 0.29) is 24.4 Å². The Labute approximate surface area is 202 Å². The monoisotopic (exact) mass is 494 g/mol. The van der Waals surface area contributed by atoms with Crippen LogP contribution in [0.5, 0.6) is 0 Å². The number of aldehydes is 1. The molecule has 0 radical (unpaired) electrons. The highest BCUT2D eigenvalue weighted by Crippen LogP contribution is 2.23. The lowest BCUT2D eigenvalue weighted by molar-refractivity contribution is -0.143. The number of nitrogens with one attached hydrogen (secondary N) is 3. The minimum Gasteiger partial charge on any atom is -0.481 e. The number of rotatable bonds is 10. The minimum absolute atomic E-state index is 0.193. The highest BCUT2D eigenvalue weighted by molar-refractivity contribution is 6.00. The summed E-state index contributed by atoms with van der Waals surface area (Å²) in [5.74, 6) is -4.71. The number of amides is 4. The molecular weight excluding hydrogens is 463 g/mol. The zero-order valence-corrected chi connectivity index (χ0v) is 19.9. The Morgan fingerprint density at radius 1 is 1.23 bits per heavy atom. The lowest BCUT2D eigenvalue weighted by atomic mass is 9.98. The fraction of sp³-hybridized carbons (Fsp3) is 0.565. The maximum Gasteiger partial charge on any atom is 0.305 e. The molecule has 192 valence electrons. The van der Waals surface area contributed by atoms with Crippen molar-refractivity contribution >= 4 is 35.9 Å². The maximum absolute atomic E-state index is 14.6. The lowest BCUT2D eigenvalue weighted by Crippen LogP contribution is -2.56. The molecule has 0 saturated carbocycles. The van der Waals surface area contributed by atoms with Gasteiger partial charge in [-0.1, -0.05) is 19.9 Å². The van der Waals surface area contributed by atoms with Crippen LogP contribution in [-0.2, 0) is 28.8 Å². The molecule has 0 aromatic rings. The van der Waals surface area contributed by atoms with Crippen LogP contribution < -0.4 is 16.0 Å². The number of carbonyl (C=O) groups excluding carboxylic acids is 5. The van der Waals surface area contributed by atoms with Crippen LogP contribution >= 0.6 is 0 Å². The minimum atomic E-state index is -1.26. The van der Waals surface area contributed by atoms with Crippen LogP contribution in [0, 0.1) is 5.92 Å². The summed E-state index contributed by atoms with van der Waals surface area (Å²) in [5, 5.41) is 16.3. The molecule has 4 amide bonds. The number of hydrogen-bond acceptors (Lipinski definition) is 6. The zero-order valence-electron chi connectivity index (χ0n) is 19.9. The van der Waals surface area contributed by atoms with E-state index in [1.807, 2.05) is 0 Å². The van der Waals surface area contributed by atoms with E-state index >= 15 is 0 Å². The first-order chi connectivity index (χ1) is 16.4. The van der Waals surface area contributed by atoms with Crippen molar-refractivity contribution in [1.82, 2.24) is 20.9 Å². The predicted molar refractivity (Wildman–Crippen MR) is 121 cm³/mol. The summed E-state index contributed by atoms with van der Waals surface area (Å²) in [6.45, 7) is 4.92. The zero-order chi connectivity index (χ0) is 26.3. The number of hydrogen-bond donors (Lipinski definition) is 4. The maximum atomic E-state index is 14.6. The van der Waals surface area contributed by atoms with E-state index in [4.69, 9.17) is 5.11 Å². The fourth-order valence-electron chi connectivity index (χ4n) is 4.05. The van der Waals surface area contributed by atoms with Crippen molar-refractivity contribution in [3.05, 3.63) is 23.6 Å². The molecule has 2 aliphatic rings. The molecule has 0 aromatic heterocycles. The van der Waals surface area contributed by atoms with Gasteiger partial charge in [0.25, 0.3) is 5.91 Å². The Kier molecular flexibility index (Phi) is 9.67. The topological polar surface area (TPSA) is 162 Å². The fourth-order valence-corrected chi connectivity index (χ4v) is 4.05. The summed E-state index contributed by atoms with van der Waals surface area (Å²) in [6.07, 6.45) is 3.10. The normalized spacial score (nSPS) is 21.3. The second kappa shape index (κ2) is 12.2. The van der Waals surface area contributed by atoms with Gasteiger partial charge in [-0.3, -0.25) is 24.0 Å². The van der Waals surface area contributed by atoms with Crippen molar-refractivity contribution in [1.29, 1.82) is 0 Å². The van der Waals surface area contributed by atoms with Crippen LogP contribution in [-0.4, -0.2) is 76.6 Å². The molecule has 1 aliphatic heterocycles. The van der Waals surface area contributed by atoms with Crippen LogP contribution in [0.2, 0.25) is 0 Å². The van der Waals surface area contributed by atoms with E-state index < -0.39 is 66.0 Å². The summed E-state index contributed by atoms with van der Waals surface area (Å²) in [4.78, 5) is 73.2. The number of halogens is 1. The van der Waals surface area contributed by atoms with E-state index in [1.54, 1.807) is 13.8 Å². The number of carbonyl (C=O) groups is 6. The molecule has 1 saturated heterocycles. The molecule has 12 heteroatoms. The van der Waals surface area contributed by atoms with Gasteiger partial charge in [-0.25, -0.2) is 4.39 Å². The number of likely N-dealkylation sites (tertiary alicyclic amines) is 1. The first-order valence-corrected chi connectivity index (χ1v) is 11.4. The van der Waals surface area contributed by atoms with Crippen LogP contribution in [0.1, 0.15) is 46.5 Å². The average Bonchev–Trinajstić information content (AvgIpc) is 3.25. The average molecular weight is 495 g/mol. The third-order valence-corrected chi connectivity index (χ3v) is 5.76. The van der Waals surface area contributed by atoms with Gasteiger partial charge >= 0.3 is 5.97 Å². The van der Waals surface area contributed by atoms with E-state index in [2.05, 4.69) is 16.0 Å². The smallest absolute Gasteiger partial charge is 0.305 e. The summed E-state index contributed by atoms with van der Waals surface area (Å²) < 4.78 is 14.6. The Balaban J connectivity index is 2.11. The van der Waals surface area contributed by atoms with Gasteiger partial charge in [0.1, 0.15) is 24.2 Å². The van der Waals surface area contributed by atoms with Crippen LogP contribution in [0.4, 0.5) is 4.39 Å². The summed E-state index contributed by atoms with van der Waals surface area (Å²) in [7, 11) is 0. The Hall–Kier alpha value is -3.57. The predicted octanol–water partition coefficient (Wildman–Crippen LogP) is -0.0352. The molecule has 1 fully saturated rings. The van der Waals surface area contributed by atoms with Gasteiger partial charge in [-0.2, -0.15) is 0 Å². The standard InChI is InChI=1S/C23H31FN4O7/c1-12(2)20(27-21(33)16-7-6-14(9-17(16)24)25-13(3)30)23(35)28-8-4-5-18(28)22(34)26-15(11-29)10-19(31)32/h6-7,11-12,14-15,18,20H,4-5,8-10H2,1-3H3,(H,25,30)(H,26,34)(H,27,33)(H,31,32)/t14?,15-,18-,20-/m0/s1. The molecule has 35 heavy (non-hydrogen) atoms. The number of nitrogens with zero attached hydrogens (tertiary/aromatic N) is 1. The molecule has 1 unspecified atom stereocenters. The van der Waals surface area contributed by atoms with E-state index in [1.165, 1.54) is 24.0 Å². The van der Waals surface area contributed by atoms with Gasteiger partial charge < -0.3 is 30.8 Å². The van der Waals surface area contributed by atoms with Gasteiger partial charge in [-0.05, 0) is 24.8 Å². The first-order valence-electron chi connectivity index (χ1n) is 11.4. The van der Waals surface area contributed by atoms with Crippen LogP contribution in [0.3, 0.4) is 0 Å². The first kappa shape index (κ1) is 27.7. The molecule has 11 nitrogen and oxygen atoms in total. The van der Waals surface area contributed by atoms with Crippen molar-refractivity contribution < 1.29 is 38.3 Å². The third kappa shape index (κ3) is 7.46. The molecule has 0 bridgehead atoms. The molecule has 0 aromatic carbocycles. The molecular formula is C23H31FN4O7. The molecule has 2 rings (SSSR count).